The third-order valence-corrected chi connectivity index (χ3v) is 13.9. The highest BCUT2D eigenvalue weighted by molar-refractivity contribution is 7.50. The van der Waals surface area contributed by atoms with Gasteiger partial charge in [0, 0.05) is 78.2 Å². The third-order valence-electron chi connectivity index (χ3n) is 5.92. The van der Waals surface area contributed by atoms with Crippen LogP contribution in [0.3, 0.4) is 0 Å². The van der Waals surface area contributed by atoms with Crippen molar-refractivity contribution in [2.24, 2.45) is 0 Å². The summed E-state index contributed by atoms with van der Waals surface area (Å²) in [5.74, 6) is 0. The lowest BCUT2D eigenvalue weighted by atomic mass is 9.85. The van der Waals surface area contributed by atoms with E-state index in [2.05, 4.69) is 4.52 Å². The van der Waals surface area contributed by atoms with E-state index in [9.17, 15) is 32.3 Å². The zero-order chi connectivity index (χ0) is 36.5. The first kappa shape index (κ1) is 45.7. The summed E-state index contributed by atoms with van der Waals surface area (Å²) in [4.78, 5) is 10.4. The molecule has 0 aromatic carbocycles. The smallest absolute Gasteiger partial charge is 0.302 e. The molecular weight excluding hydrogens is 774 g/mol. The molecule has 1 saturated carbocycles. The van der Waals surface area contributed by atoms with Crippen LogP contribution >= 0.6 is 46.9 Å². The number of phosphoric ester groups is 6. The van der Waals surface area contributed by atoms with Crippen molar-refractivity contribution in [2.75, 3.05) is 78.2 Å². The van der Waals surface area contributed by atoms with Crippen LogP contribution in [-0.4, -0.2) is 120 Å². The van der Waals surface area contributed by atoms with E-state index >= 15 is 0 Å². The predicted octanol–water partition coefficient (Wildman–Crippen LogP) is 4.06. The monoisotopic (exact) mass is 814 g/mol. The molecule has 5 unspecified atom stereocenters. The van der Waals surface area contributed by atoms with Gasteiger partial charge < -0.3 is 4.89 Å². The lowest BCUT2D eigenvalue weighted by molar-refractivity contribution is -0.205. The van der Waals surface area contributed by atoms with Gasteiger partial charge in [0.25, 0.3) is 0 Å². The maximum Gasteiger partial charge on any atom is 0.474 e. The molecule has 0 aromatic heterocycles. The second kappa shape index (κ2) is 18.9. The highest BCUT2D eigenvalue weighted by Crippen LogP contribution is 2.63. The number of hydrogen-bond acceptors (Lipinski definition) is 23. The van der Waals surface area contributed by atoms with Crippen molar-refractivity contribution >= 4 is 46.9 Å². The van der Waals surface area contributed by atoms with Gasteiger partial charge in [-0.25, -0.2) is 27.4 Å². The Balaban J connectivity index is 4.46. The molecule has 282 valence electrons. The highest BCUT2D eigenvalue weighted by Gasteiger charge is 2.64. The van der Waals surface area contributed by atoms with Crippen LogP contribution in [-0.2, 0) is 104 Å². The van der Waals surface area contributed by atoms with Crippen molar-refractivity contribution in [1.82, 2.24) is 0 Å². The Labute approximate surface area is 271 Å². The second-order valence-electron chi connectivity index (χ2n) is 8.13. The Hall–Kier alpha value is 0.660. The van der Waals surface area contributed by atoms with Gasteiger partial charge in [0.1, 0.15) is 36.6 Å². The van der Waals surface area contributed by atoms with Crippen molar-refractivity contribution in [3.05, 3.63) is 0 Å². The molecule has 0 aromatic rings. The summed E-state index contributed by atoms with van der Waals surface area (Å²) in [7, 11) is -19.9. The Kier molecular flexibility index (Phi) is 18.4. The average Bonchev–Trinajstić information content (AvgIpc) is 3.08. The van der Waals surface area contributed by atoms with Crippen LogP contribution in [0.1, 0.15) is 0 Å². The Bertz CT molecular complexity index is 1170. The maximum absolute atomic E-state index is 13.4. The van der Waals surface area contributed by atoms with E-state index < -0.39 is 83.6 Å². The van der Waals surface area contributed by atoms with Crippen LogP contribution in [0.2, 0.25) is 0 Å². The van der Waals surface area contributed by atoms with E-state index in [0.29, 0.717) is 0 Å². The van der Waals surface area contributed by atoms with Gasteiger partial charge in [0.05, 0.1) is 0 Å². The maximum atomic E-state index is 13.4. The van der Waals surface area contributed by atoms with E-state index in [1.165, 1.54) is 0 Å². The van der Waals surface area contributed by atoms with Crippen molar-refractivity contribution in [3.8, 4) is 0 Å². The van der Waals surface area contributed by atoms with Gasteiger partial charge >= 0.3 is 46.9 Å². The van der Waals surface area contributed by atoms with Crippen LogP contribution < -0.4 is 0 Å². The average molecular weight is 814 g/mol. The minimum atomic E-state index is -5.26. The van der Waals surface area contributed by atoms with E-state index in [0.717, 1.165) is 78.2 Å². The molecule has 0 saturated heterocycles. The van der Waals surface area contributed by atoms with Crippen LogP contribution in [0.5, 0.6) is 0 Å². The first-order valence-corrected chi connectivity index (χ1v) is 21.1. The van der Waals surface area contributed by atoms with Crippen LogP contribution in [0.25, 0.3) is 0 Å². The molecule has 1 aliphatic rings. The van der Waals surface area contributed by atoms with Crippen molar-refractivity contribution in [3.63, 3.8) is 0 Å². The van der Waals surface area contributed by atoms with Gasteiger partial charge in [0.15, 0.2) is 0 Å². The summed E-state index contributed by atoms with van der Waals surface area (Å²) < 4.78 is 166. The summed E-state index contributed by atoms with van der Waals surface area (Å²) in [6.07, 6.45) is -14.0. The summed E-state index contributed by atoms with van der Waals surface area (Å²) >= 11 is 0. The Morgan fingerprint density at radius 2 is 0.447 bits per heavy atom. The molecule has 0 bridgehead atoms. The molecule has 0 spiro atoms. The lowest BCUT2D eigenvalue weighted by Gasteiger charge is -2.49. The largest absolute Gasteiger partial charge is 0.474 e. The molecule has 24 nitrogen and oxygen atoms in total. The van der Waals surface area contributed by atoms with Gasteiger partial charge in [0.2, 0.25) is 0 Å². The first-order chi connectivity index (χ1) is 21.7. The van der Waals surface area contributed by atoms with Crippen molar-refractivity contribution in [1.29, 1.82) is 0 Å². The quantitative estimate of drug-likeness (QED) is 0.142. The fraction of sp³-hybridized carbons (Fsp3) is 1.00. The number of rotatable bonds is 23. The number of hydrogen-bond donors (Lipinski definition) is 1. The Morgan fingerprint density at radius 1 is 0.298 bits per heavy atom. The zero-order valence-electron chi connectivity index (χ0n) is 27.0. The molecule has 30 heteroatoms. The molecule has 1 fully saturated rings. The van der Waals surface area contributed by atoms with Gasteiger partial charge in [-0.3, -0.25) is 76.9 Å². The molecule has 1 aliphatic carbocycles. The van der Waals surface area contributed by atoms with Crippen LogP contribution in [0.4, 0.5) is 0 Å². The van der Waals surface area contributed by atoms with Crippen molar-refractivity contribution in [2.45, 2.75) is 36.6 Å². The molecule has 47 heavy (non-hydrogen) atoms. The van der Waals surface area contributed by atoms with Gasteiger partial charge in [-0.05, 0) is 0 Å². The zero-order valence-corrected chi connectivity index (χ0v) is 32.4. The van der Waals surface area contributed by atoms with Crippen LogP contribution in [0, 0.1) is 0 Å². The summed E-state index contributed by atoms with van der Waals surface area (Å²) in [6, 6.07) is 0. The number of phosphoric acid groups is 6. The minimum Gasteiger partial charge on any atom is -0.302 e. The lowest BCUT2D eigenvalue weighted by Crippen LogP contribution is -2.66. The molecule has 0 amide bonds. The summed E-state index contributed by atoms with van der Waals surface area (Å²) in [6.45, 7) is 0. The van der Waals surface area contributed by atoms with Gasteiger partial charge in [-0.15, -0.1) is 0 Å². The Morgan fingerprint density at radius 3 is 0.574 bits per heavy atom. The van der Waals surface area contributed by atoms with E-state index in [1.807, 2.05) is 0 Å². The second-order valence-corrected chi connectivity index (χ2v) is 18.8. The minimum absolute atomic E-state index is 0.731. The highest BCUT2D eigenvalue weighted by atomic mass is 31.2. The van der Waals surface area contributed by atoms with Crippen molar-refractivity contribution < 1.29 is 109 Å². The normalized spacial score (nSPS) is 26.3. The van der Waals surface area contributed by atoms with E-state index in [1.54, 1.807) is 0 Å². The molecule has 0 heterocycles. The van der Waals surface area contributed by atoms with Crippen LogP contribution in [0.15, 0.2) is 0 Å². The molecule has 1 N–H and O–H groups in total. The molecule has 0 radical (unpaired) electrons. The van der Waals surface area contributed by atoms with E-state index in [-0.39, 0.29) is 0 Å². The predicted molar refractivity (Wildman–Crippen MR) is 154 cm³/mol. The fourth-order valence-electron chi connectivity index (χ4n) is 3.59. The molecule has 5 atom stereocenters. The third kappa shape index (κ3) is 12.1. The molecule has 1 rings (SSSR count). The SMILES string of the molecule is COP(=O)(O)OC1C(OP(=O)(OC)OC)C(OP(=O)(OC)OC)C(OP(=O)(OC)OC)C(OP(=O)(OC)OC)C1OP(=O)(OC)OC. The topological polar surface area (TPSA) is 280 Å². The van der Waals surface area contributed by atoms with Gasteiger partial charge in [-0.1, -0.05) is 0 Å². The van der Waals surface area contributed by atoms with E-state index in [4.69, 9.17) is 72.4 Å². The molecule has 0 aliphatic heterocycles. The standard InChI is InChI=1S/C17H40O24P6/c1-25-42(18,19)36-12-13(37-43(20,26-2)27-3)15(39-45(22,30-6)31-7)17(41-47(24,34-10)35-11)16(40-46(23,32-8)33-9)14(12)38-44(21,28-4)29-5/h12-17H,1-11H3,(H,18,19). The molecular formula is C17H40O24P6. The van der Waals surface area contributed by atoms with Gasteiger partial charge in [-0.2, -0.15) is 0 Å². The first-order valence-electron chi connectivity index (χ1n) is 12.3. The fourth-order valence-corrected chi connectivity index (χ4v) is 8.52. The summed E-state index contributed by atoms with van der Waals surface area (Å²) in [5.41, 5.74) is 0. The summed E-state index contributed by atoms with van der Waals surface area (Å²) in [5, 5.41) is 0.